The quantitative estimate of drug-likeness (QED) is 0.479. The lowest BCUT2D eigenvalue weighted by Crippen LogP contribution is -2.35. The van der Waals surface area contributed by atoms with Crippen LogP contribution in [0.1, 0.15) is 37.8 Å². The van der Waals surface area contributed by atoms with Gasteiger partial charge in [0.05, 0.1) is 20.8 Å². The van der Waals surface area contributed by atoms with E-state index < -0.39 is 6.04 Å². The molecule has 1 N–H and O–H groups in total. The molecular formula is C24H29N3O5. The first-order valence-electron chi connectivity index (χ1n) is 10.5. The molecule has 1 heterocycles. The van der Waals surface area contributed by atoms with Crippen molar-refractivity contribution in [3.8, 4) is 22.9 Å². The molecule has 1 amide bonds. The summed E-state index contributed by atoms with van der Waals surface area (Å²) in [5.74, 6) is 1.78. The van der Waals surface area contributed by atoms with Crippen LogP contribution < -0.4 is 14.8 Å². The second kappa shape index (κ2) is 11.3. The maximum atomic E-state index is 12.5. The van der Waals surface area contributed by atoms with Crippen molar-refractivity contribution in [3.05, 3.63) is 60.0 Å². The molecule has 0 bridgehead atoms. The van der Waals surface area contributed by atoms with Gasteiger partial charge in [-0.2, -0.15) is 4.98 Å². The second-order valence-corrected chi connectivity index (χ2v) is 7.44. The van der Waals surface area contributed by atoms with Crippen LogP contribution in [-0.2, 0) is 16.1 Å². The first kappa shape index (κ1) is 23.3. The third-order valence-corrected chi connectivity index (χ3v) is 5.22. The fraction of sp³-hybridized carbons (Fsp3) is 0.375. The van der Waals surface area contributed by atoms with Crippen LogP contribution in [0.3, 0.4) is 0 Å². The Balaban J connectivity index is 1.68. The third-order valence-electron chi connectivity index (χ3n) is 5.22. The fourth-order valence-corrected chi connectivity index (χ4v) is 3.19. The zero-order chi connectivity index (χ0) is 22.9. The summed E-state index contributed by atoms with van der Waals surface area (Å²) in [5.41, 5.74) is 1.73. The van der Waals surface area contributed by atoms with E-state index in [1.54, 1.807) is 26.4 Å². The van der Waals surface area contributed by atoms with Crippen LogP contribution >= 0.6 is 0 Å². The predicted octanol–water partition coefficient (Wildman–Crippen LogP) is 4.17. The van der Waals surface area contributed by atoms with Gasteiger partial charge in [0.1, 0.15) is 12.6 Å². The molecule has 0 fully saturated rings. The number of hydrogen-bond acceptors (Lipinski definition) is 7. The highest BCUT2D eigenvalue weighted by molar-refractivity contribution is 5.77. The maximum Gasteiger partial charge on any atom is 0.249 e. The van der Waals surface area contributed by atoms with Crippen molar-refractivity contribution in [2.75, 3.05) is 20.8 Å². The molecule has 2 atom stereocenters. The van der Waals surface area contributed by atoms with Crippen LogP contribution in [-0.4, -0.2) is 36.9 Å². The van der Waals surface area contributed by atoms with Crippen molar-refractivity contribution in [1.82, 2.24) is 15.5 Å². The zero-order valence-electron chi connectivity index (χ0n) is 18.8. The molecule has 0 saturated carbocycles. The van der Waals surface area contributed by atoms with Gasteiger partial charge in [0.2, 0.25) is 17.6 Å². The molecule has 1 aromatic heterocycles. The Kier molecular flexibility index (Phi) is 8.21. The number of ether oxygens (including phenoxy) is 3. The van der Waals surface area contributed by atoms with Gasteiger partial charge < -0.3 is 24.1 Å². The van der Waals surface area contributed by atoms with Crippen LogP contribution in [0.15, 0.2) is 53.1 Å². The van der Waals surface area contributed by atoms with E-state index in [0.29, 0.717) is 29.8 Å². The van der Waals surface area contributed by atoms with Gasteiger partial charge in [-0.3, -0.25) is 4.79 Å². The van der Waals surface area contributed by atoms with E-state index in [4.69, 9.17) is 18.7 Å². The summed E-state index contributed by atoms with van der Waals surface area (Å²) in [7, 11) is 3.14. The molecule has 170 valence electrons. The van der Waals surface area contributed by atoms with Crippen molar-refractivity contribution in [2.45, 2.75) is 32.9 Å². The molecule has 32 heavy (non-hydrogen) atoms. The summed E-state index contributed by atoms with van der Waals surface area (Å²) in [6, 6.07) is 14.7. The molecule has 0 aliphatic rings. The van der Waals surface area contributed by atoms with Crippen molar-refractivity contribution < 1.29 is 23.5 Å². The van der Waals surface area contributed by atoms with E-state index in [1.165, 1.54) is 0 Å². The van der Waals surface area contributed by atoms with E-state index in [1.807, 2.05) is 50.2 Å². The molecule has 0 aliphatic heterocycles. The average Bonchev–Trinajstić information content (AvgIpc) is 3.32. The molecule has 8 heteroatoms. The Morgan fingerprint density at radius 3 is 2.53 bits per heavy atom. The number of carbonyl (C=O) groups excluding carboxylic acids is 1. The van der Waals surface area contributed by atoms with E-state index >= 15 is 0 Å². The first-order valence-corrected chi connectivity index (χ1v) is 10.5. The minimum Gasteiger partial charge on any atom is -0.493 e. The highest BCUT2D eigenvalue weighted by Gasteiger charge is 2.26. The minimum atomic E-state index is -0.422. The third kappa shape index (κ3) is 5.85. The van der Waals surface area contributed by atoms with Gasteiger partial charge in [0, 0.05) is 5.56 Å². The first-order chi connectivity index (χ1) is 15.5. The van der Waals surface area contributed by atoms with Crippen molar-refractivity contribution in [3.63, 3.8) is 0 Å². The van der Waals surface area contributed by atoms with Crippen LogP contribution in [0, 0.1) is 5.92 Å². The SMILES string of the molecule is CC[C@H](C)[C@@H](NC(=O)COCc1ccccc1)c1nc(-c2ccc(OC)c(OC)c2)no1. The topological polar surface area (TPSA) is 95.7 Å². The van der Waals surface area contributed by atoms with Crippen molar-refractivity contribution in [1.29, 1.82) is 0 Å². The predicted molar refractivity (Wildman–Crippen MR) is 119 cm³/mol. The lowest BCUT2D eigenvalue weighted by Gasteiger charge is -2.20. The number of nitrogens with one attached hydrogen (secondary N) is 1. The van der Waals surface area contributed by atoms with Crippen LogP contribution in [0.2, 0.25) is 0 Å². The monoisotopic (exact) mass is 439 g/mol. The van der Waals surface area contributed by atoms with Crippen LogP contribution in [0.25, 0.3) is 11.4 Å². The van der Waals surface area contributed by atoms with Gasteiger partial charge in [-0.15, -0.1) is 0 Å². The molecule has 0 spiro atoms. The fourth-order valence-electron chi connectivity index (χ4n) is 3.19. The molecule has 3 aromatic rings. The largest absolute Gasteiger partial charge is 0.493 e. The van der Waals surface area contributed by atoms with Gasteiger partial charge in [0.15, 0.2) is 11.5 Å². The molecule has 8 nitrogen and oxygen atoms in total. The lowest BCUT2D eigenvalue weighted by atomic mass is 9.99. The second-order valence-electron chi connectivity index (χ2n) is 7.44. The number of amides is 1. The van der Waals surface area contributed by atoms with Crippen molar-refractivity contribution in [2.24, 2.45) is 5.92 Å². The van der Waals surface area contributed by atoms with Crippen LogP contribution in [0.5, 0.6) is 11.5 Å². The highest BCUT2D eigenvalue weighted by Crippen LogP contribution is 2.32. The van der Waals surface area contributed by atoms with Gasteiger partial charge in [-0.1, -0.05) is 55.8 Å². The summed E-state index contributed by atoms with van der Waals surface area (Å²) >= 11 is 0. The van der Waals surface area contributed by atoms with Crippen LogP contribution in [0.4, 0.5) is 0 Å². The Morgan fingerprint density at radius 1 is 1.09 bits per heavy atom. The summed E-state index contributed by atoms with van der Waals surface area (Å²) in [6.45, 7) is 4.38. The Hall–Kier alpha value is -3.39. The molecule has 0 unspecified atom stereocenters. The molecule has 2 aromatic carbocycles. The van der Waals surface area contributed by atoms with Gasteiger partial charge in [-0.25, -0.2) is 0 Å². The van der Waals surface area contributed by atoms with E-state index in [-0.39, 0.29) is 18.4 Å². The molecule has 0 saturated heterocycles. The number of benzene rings is 2. The number of methoxy groups -OCH3 is 2. The Bertz CT molecular complexity index is 1010. The summed E-state index contributed by atoms with van der Waals surface area (Å²) in [5, 5.41) is 7.07. The Morgan fingerprint density at radius 2 is 1.84 bits per heavy atom. The van der Waals surface area contributed by atoms with Gasteiger partial charge in [-0.05, 0) is 29.7 Å². The smallest absolute Gasteiger partial charge is 0.249 e. The molecule has 0 aliphatic carbocycles. The number of hydrogen-bond donors (Lipinski definition) is 1. The lowest BCUT2D eigenvalue weighted by molar-refractivity contribution is -0.127. The summed E-state index contributed by atoms with van der Waals surface area (Å²) in [6.07, 6.45) is 0.823. The summed E-state index contributed by atoms with van der Waals surface area (Å²) in [4.78, 5) is 17.0. The highest BCUT2D eigenvalue weighted by atomic mass is 16.5. The normalized spacial score (nSPS) is 12.8. The van der Waals surface area contributed by atoms with E-state index in [9.17, 15) is 4.79 Å². The number of rotatable bonds is 11. The minimum absolute atomic E-state index is 0.0570. The molecular weight excluding hydrogens is 410 g/mol. The average molecular weight is 440 g/mol. The van der Waals surface area contributed by atoms with E-state index in [2.05, 4.69) is 15.5 Å². The summed E-state index contributed by atoms with van der Waals surface area (Å²) < 4.78 is 21.7. The van der Waals surface area contributed by atoms with Gasteiger partial charge in [0.25, 0.3) is 0 Å². The maximum absolute atomic E-state index is 12.5. The Labute approximate surface area is 187 Å². The number of aromatic nitrogens is 2. The number of carbonyl (C=O) groups is 1. The van der Waals surface area contributed by atoms with Crippen molar-refractivity contribution >= 4 is 5.91 Å². The number of nitrogens with zero attached hydrogens (tertiary/aromatic N) is 2. The molecule has 0 radical (unpaired) electrons. The molecule has 3 rings (SSSR count). The van der Waals surface area contributed by atoms with E-state index in [0.717, 1.165) is 17.5 Å². The van der Waals surface area contributed by atoms with Gasteiger partial charge >= 0.3 is 0 Å². The zero-order valence-corrected chi connectivity index (χ0v) is 18.8. The standard InChI is InChI=1S/C24H29N3O5/c1-5-16(2)22(25-21(28)15-31-14-17-9-7-6-8-10-17)24-26-23(27-32-24)18-11-12-19(29-3)20(13-18)30-4/h6-13,16,22H,5,14-15H2,1-4H3,(H,25,28)/t16-,22+/m0/s1.